The predicted molar refractivity (Wildman–Crippen MR) is 63.0 cm³/mol. The van der Waals surface area contributed by atoms with Crippen LogP contribution in [-0.2, 0) is 0 Å². The van der Waals surface area contributed by atoms with E-state index in [0.29, 0.717) is 5.56 Å². The molecule has 0 aromatic heterocycles. The number of rotatable bonds is 2. The third-order valence-electron chi connectivity index (χ3n) is 2.59. The minimum atomic E-state index is -1.52. The molecule has 0 bridgehead atoms. The van der Waals surface area contributed by atoms with Crippen molar-refractivity contribution in [3.63, 3.8) is 0 Å². The zero-order valence-electron chi connectivity index (χ0n) is 9.47. The van der Waals surface area contributed by atoms with Gasteiger partial charge in [0.2, 0.25) is 0 Å². The van der Waals surface area contributed by atoms with Crippen LogP contribution in [0.1, 0.15) is 0 Å². The maximum atomic E-state index is 13.7. The number of halogens is 3. The topological polar surface area (TPSA) is 32.3 Å². The first-order valence-electron chi connectivity index (χ1n) is 5.19. The fraction of sp³-hybridized carbons (Fsp3) is 0.0769. The molecule has 0 unspecified atom stereocenters. The van der Waals surface area contributed by atoms with Crippen molar-refractivity contribution >= 4 is 5.69 Å². The summed E-state index contributed by atoms with van der Waals surface area (Å²) in [5.41, 5.74) is 0.149. The highest BCUT2D eigenvalue weighted by Gasteiger charge is 2.18. The van der Waals surface area contributed by atoms with E-state index in [-0.39, 0.29) is 17.0 Å². The van der Waals surface area contributed by atoms with Gasteiger partial charge in [0, 0.05) is 12.6 Å². The Hall–Kier alpha value is -2.17. The third kappa shape index (κ3) is 1.99. The van der Waals surface area contributed by atoms with E-state index in [1.807, 2.05) is 0 Å². The van der Waals surface area contributed by atoms with Crippen LogP contribution in [0.25, 0.3) is 11.1 Å². The highest BCUT2D eigenvalue weighted by molar-refractivity contribution is 5.69. The van der Waals surface area contributed by atoms with Gasteiger partial charge in [0.25, 0.3) is 0 Å². The summed E-state index contributed by atoms with van der Waals surface area (Å²) >= 11 is 0. The molecular formula is C13H10F3NO. The van der Waals surface area contributed by atoms with Gasteiger partial charge in [-0.05, 0) is 23.8 Å². The minimum Gasteiger partial charge on any atom is -0.508 e. The summed E-state index contributed by atoms with van der Waals surface area (Å²) in [5, 5.41) is 11.6. The number of benzene rings is 2. The van der Waals surface area contributed by atoms with Crippen molar-refractivity contribution in [3.05, 3.63) is 47.8 Å². The molecule has 0 heterocycles. The van der Waals surface area contributed by atoms with E-state index >= 15 is 0 Å². The lowest BCUT2D eigenvalue weighted by molar-refractivity contribution is 0.451. The zero-order valence-corrected chi connectivity index (χ0v) is 9.47. The van der Waals surface area contributed by atoms with Crippen molar-refractivity contribution in [1.29, 1.82) is 0 Å². The highest BCUT2D eigenvalue weighted by atomic mass is 19.2. The second-order valence-electron chi connectivity index (χ2n) is 3.71. The van der Waals surface area contributed by atoms with Gasteiger partial charge in [-0.2, -0.15) is 0 Å². The molecule has 2 aromatic rings. The molecule has 0 aliphatic heterocycles. The van der Waals surface area contributed by atoms with Gasteiger partial charge >= 0.3 is 0 Å². The molecule has 2 N–H and O–H groups in total. The van der Waals surface area contributed by atoms with Crippen molar-refractivity contribution in [2.75, 3.05) is 12.4 Å². The quantitative estimate of drug-likeness (QED) is 0.802. The van der Waals surface area contributed by atoms with Crippen molar-refractivity contribution in [3.8, 4) is 16.9 Å². The number of anilines is 1. The van der Waals surface area contributed by atoms with E-state index in [1.54, 1.807) is 0 Å². The normalized spacial score (nSPS) is 10.4. The first kappa shape index (κ1) is 12.3. The Bertz CT molecular complexity index is 582. The summed E-state index contributed by atoms with van der Waals surface area (Å²) in [6.45, 7) is 0. The maximum absolute atomic E-state index is 13.7. The van der Waals surface area contributed by atoms with E-state index in [4.69, 9.17) is 5.11 Å². The van der Waals surface area contributed by atoms with Gasteiger partial charge in [-0.25, -0.2) is 13.2 Å². The molecule has 0 saturated carbocycles. The standard InChI is InChI=1S/C13H10F3NO/c1-17-10-6-9(11(14)13(16)12(10)15)7-2-4-8(18)5-3-7/h2-6,17-18H,1H3. The summed E-state index contributed by atoms with van der Waals surface area (Å²) < 4.78 is 40.3. The summed E-state index contributed by atoms with van der Waals surface area (Å²) in [6, 6.07) is 6.71. The average molecular weight is 253 g/mol. The van der Waals surface area contributed by atoms with Crippen LogP contribution in [0.15, 0.2) is 30.3 Å². The third-order valence-corrected chi connectivity index (χ3v) is 2.59. The molecule has 0 fully saturated rings. The molecule has 0 aliphatic rings. The highest BCUT2D eigenvalue weighted by Crippen LogP contribution is 2.31. The second kappa shape index (κ2) is 4.60. The van der Waals surface area contributed by atoms with Crippen LogP contribution < -0.4 is 5.32 Å². The lowest BCUT2D eigenvalue weighted by atomic mass is 10.0. The van der Waals surface area contributed by atoms with Crippen molar-refractivity contribution < 1.29 is 18.3 Å². The molecule has 0 aliphatic carbocycles. The number of aromatic hydroxyl groups is 1. The average Bonchev–Trinajstić information content (AvgIpc) is 2.38. The number of hydrogen-bond acceptors (Lipinski definition) is 2. The van der Waals surface area contributed by atoms with E-state index in [0.717, 1.165) is 0 Å². The fourth-order valence-electron chi connectivity index (χ4n) is 1.64. The number of nitrogens with one attached hydrogen (secondary N) is 1. The number of hydrogen-bond donors (Lipinski definition) is 2. The van der Waals surface area contributed by atoms with E-state index < -0.39 is 17.5 Å². The van der Waals surface area contributed by atoms with Gasteiger partial charge in [0.15, 0.2) is 17.5 Å². The lowest BCUT2D eigenvalue weighted by Gasteiger charge is -2.09. The van der Waals surface area contributed by atoms with Gasteiger partial charge in [0.1, 0.15) is 5.75 Å². The molecule has 0 saturated heterocycles. The van der Waals surface area contributed by atoms with E-state index in [9.17, 15) is 13.2 Å². The zero-order chi connectivity index (χ0) is 13.3. The number of phenols is 1. The monoisotopic (exact) mass is 253 g/mol. The Labute approximate surface area is 102 Å². The van der Waals surface area contributed by atoms with Crippen molar-refractivity contribution in [1.82, 2.24) is 0 Å². The Morgan fingerprint density at radius 1 is 0.944 bits per heavy atom. The molecule has 94 valence electrons. The molecule has 0 amide bonds. The first-order valence-corrected chi connectivity index (χ1v) is 5.19. The van der Waals surface area contributed by atoms with Crippen LogP contribution in [-0.4, -0.2) is 12.2 Å². The molecule has 2 aromatic carbocycles. The van der Waals surface area contributed by atoms with Crippen LogP contribution in [0, 0.1) is 17.5 Å². The Kier molecular flexibility index (Phi) is 3.14. The van der Waals surface area contributed by atoms with Crippen LogP contribution in [0.2, 0.25) is 0 Å². The predicted octanol–water partition coefficient (Wildman–Crippen LogP) is 3.52. The van der Waals surface area contributed by atoms with Gasteiger partial charge in [0.05, 0.1) is 5.69 Å². The smallest absolute Gasteiger partial charge is 0.197 e. The Balaban J connectivity index is 2.64. The summed E-state index contributed by atoms with van der Waals surface area (Å²) in [4.78, 5) is 0. The van der Waals surface area contributed by atoms with Gasteiger partial charge < -0.3 is 10.4 Å². The molecule has 0 spiro atoms. The van der Waals surface area contributed by atoms with Crippen LogP contribution in [0.3, 0.4) is 0 Å². The second-order valence-corrected chi connectivity index (χ2v) is 3.71. The van der Waals surface area contributed by atoms with Gasteiger partial charge in [-0.3, -0.25) is 0 Å². The minimum absolute atomic E-state index is 0.00980. The van der Waals surface area contributed by atoms with Crippen LogP contribution in [0.4, 0.5) is 18.9 Å². The summed E-state index contributed by atoms with van der Waals surface area (Å²) in [7, 11) is 1.41. The first-order chi connectivity index (χ1) is 8.54. The Morgan fingerprint density at radius 3 is 2.11 bits per heavy atom. The SMILES string of the molecule is CNc1cc(-c2ccc(O)cc2)c(F)c(F)c1F. The van der Waals surface area contributed by atoms with Crippen molar-refractivity contribution in [2.24, 2.45) is 0 Å². The van der Waals surface area contributed by atoms with E-state index in [1.165, 1.54) is 37.4 Å². The molecule has 5 heteroatoms. The Morgan fingerprint density at radius 2 is 1.56 bits per heavy atom. The molecule has 2 nitrogen and oxygen atoms in total. The van der Waals surface area contributed by atoms with Gasteiger partial charge in [-0.15, -0.1) is 0 Å². The van der Waals surface area contributed by atoms with E-state index in [2.05, 4.69) is 5.32 Å². The van der Waals surface area contributed by atoms with Crippen molar-refractivity contribution in [2.45, 2.75) is 0 Å². The van der Waals surface area contributed by atoms with Gasteiger partial charge in [-0.1, -0.05) is 12.1 Å². The molecule has 18 heavy (non-hydrogen) atoms. The number of phenolic OH excluding ortho intramolecular Hbond substituents is 1. The summed E-state index contributed by atoms with van der Waals surface area (Å²) in [5.74, 6) is -4.02. The molecule has 0 radical (unpaired) electrons. The van der Waals surface area contributed by atoms with Crippen LogP contribution >= 0.6 is 0 Å². The largest absolute Gasteiger partial charge is 0.508 e. The fourth-order valence-corrected chi connectivity index (χ4v) is 1.64. The summed E-state index contributed by atoms with van der Waals surface area (Å²) in [6.07, 6.45) is 0. The molecule has 2 rings (SSSR count). The molecule has 0 atom stereocenters. The van der Waals surface area contributed by atoms with Crippen LogP contribution in [0.5, 0.6) is 5.75 Å². The molecular weight excluding hydrogens is 243 g/mol. The lowest BCUT2D eigenvalue weighted by Crippen LogP contribution is -2.01. The maximum Gasteiger partial charge on any atom is 0.197 e.